The third kappa shape index (κ3) is 3.23. The highest BCUT2D eigenvalue weighted by Gasteiger charge is 2.21. The molecule has 0 radical (unpaired) electrons. The number of carboxylic acids is 1. The van der Waals surface area contributed by atoms with Crippen LogP contribution in [-0.4, -0.2) is 17.7 Å². The Morgan fingerprint density at radius 1 is 1.24 bits per heavy atom. The van der Waals surface area contributed by atoms with E-state index in [0.29, 0.717) is 21.6 Å². The van der Waals surface area contributed by atoms with Gasteiger partial charge >= 0.3 is 5.97 Å². The van der Waals surface area contributed by atoms with E-state index in [4.69, 9.17) is 25.9 Å². The lowest BCUT2D eigenvalue weighted by atomic mass is 10.0. The minimum absolute atomic E-state index is 0.120. The molecule has 0 bridgehead atoms. The van der Waals surface area contributed by atoms with Gasteiger partial charge in [0.1, 0.15) is 5.58 Å². The molecule has 5 nitrogen and oxygen atoms in total. The number of aryl methyl sites for hydroxylation is 2. The zero-order valence-electron chi connectivity index (χ0n) is 13.6. The lowest BCUT2D eigenvalue weighted by Gasteiger charge is -2.13. The van der Waals surface area contributed by atoms with E-state index in [-0.39, 0.29) is 11.5 Å². The molecule has 0 unspecified atom stereocenters. The van der Waals surface area contributed by atoms with E-state index in [2.05, 4.69) is 0 Å². The second-order valence-corrected chi connectivity index (χ2v) is 6.11. The van der Waals surface area contributed by atoms with Crippen LogP contribution in [0.4, 0.5) is 0 Å². The van der Waals surface area contributed by atoms with Gasteiger partial charge in [-0.05, 0) is 43.2 Å². The Morgan fingerprint density at radius 3 is 2.64 bits per heavy atom. The van der Waals surface area contributed by atoms with Crippen molar-refractivity contribution in [3.8, 4) is 17.1 Å². The quantitative estimate of drug-likeness (QED) is 0.756. The molecule has 1 heterocycles. The molecule has 3 rings (SSSR count). The van der Waals surface area contributed by atoms with E-state index in [9.17, 15) is 9.59 Å². The third-order valence-corrected chi connectivity index (χ3v) is 4.08. The molecule has 0 saturated heterocycles. The maximum absolute atomic E-state index is 13.0. The lowest BCUT2D eigenvalue weighted by Crippen LogP contribution is -2.16. The van der Waals surface area contributed by atoms with Gasteiger partial charge in [0.15, 0.2) is 12.4 Å². The van der Waals surface area contributed by atoms with Crippen molar-refractivity contribution < 1.29 is 19.1 Å². The van der Waals surface area contributed by atoms with Gasteiger partial charge in [0, 0.05) is 5.56 Å². The van der Waals surface area contributed by atoms with E-state index >= 15 is 0 Å². The van der Waals surface area contributed by atoms with E-state index in [1.54, 1.807) is 37.3 Å². The van der Waals surface area contributed by atoms with Crippen LogP contribution in [0, 0.1) is 13.8 Å². The number of halogens is 1. The largest absolute Gasteiger partial charge is 0.479 e. The van der Waals surface area contributed by atoms with Gasteiger partial charge in [-0.15, -0.1) is 0 Å². The van der Waals surface area contributed by atoms with E-state index in [1.807, 2.05) is 13.0 Å². The van der Waals surface area contributed by atoms with Gasteiger partial charge in [-0.1, -0.05) is 29.8 Å². The van der Waals surface area contributed by atoms with Crippen LogP contribution in [0.3, 0.4) is 0 Å². The summed E-state index contributed by atoms with van der Waals surface area (Å²) in [6.07, 6.45) is 0. The summed E-state index contributed by atoms with van der Waals surface area (Å²) in [5.74, 6) is -1.23. The van der Waals surface area contributed by atoms with Crippen molar-refractivity contribution in [2.45, 2.75) is 13.8 Å². The van der Waals surface area contributed by atoms with Crippen molar-refractivity contribution in [3.63, 3.8) is 0 Å². The molecule has 0 aliphatic rings. The van der Waals surface area contributed by atoms with Gasteiger partial charge < -0.3 is 14.3 Å². The maximum Gasteiger partial charge on any atom is 0.341 e. The summed E-state index contributed by atoms with van der Waals surface area (Å²) >= 11 is 6.23. The molecule has 0 aliphatic carbocycles. The second kappa shape index (κ2) is 6.61. The fraction of sp³-hybridized carbons (Fsp3) is 0.158. The molecule has 1 N–H and O–H groups in total. The lowest BCUT2D eigenvalue weighted by molar-refractivity contribution is -0.139. The highest BCUT2D eigenvalue weighted by atomic mass is 35.5. The zero-order chi connectivity index (χ0) is 18.1. The molecule has 3 aromatic rings. The van der Waals surface area contributed by atoms with Crippen LogP contribution in [0.1, 0.15) is 11.1 Å². The summed E-state index contributed by atoms with van der Waals surface area (Å²) in [5.41, 5.74) is 2.12. The second-order valence-electron chi connectivity index (χ2n) is 5.71. The molecule has 1 aromatic heterocycles. The maximum atomic E-state index is 13.0. The molecule has 2 aromatic carbocycles. The number of rotatable bonds is 4. The molecule has 0 atom stereocenters. The number of hydrogen-bond acceptors (Lipinski definition) is 4. The van der Waals surface area contributed by atoms with Gasteiger partial charge in [-0.25, -0.2) is 4.79 Å². The van der Waals surface area contributed by atoms with Gasteiger partial charge in [0.25, 0.3) is 0 Å². The van der Waals surface area contributed by atoms with E-state index in [0.717, 1.165) is 11.1 Å². The minimum atomic E-state index is -1.19. The first-order valence-corrected chi connectivity index (χ1v) is 7.94. The van der Waals surface area contributed by atoms with Crippen LogP contribution in [-0.2, 0) is 4.79 Å². The number of ether oxygens (including phenoxy) is 1. The molecule has 0 fully saturated rings. The Morgan fingerprint density at radius 2 is 1.96 bits per heavy atom. The zero-order valence-corrected chi connectivity index (χ0v) is 14.4. The van der Waals surface area contributed by atoms with Crippen molar-refractivity contribution in [2.75, 3.05) is 6.61 Å². The molecule has 6 heteroatoms. The van der Waals surface area contributed by atoms with Crippen molar-refractivity contribution in [1.29, 1.82) is 0 Å². The Balaban J connectivity index is 2.37. The number of benzene rings is 2. The number of carboxylic acid groups (broad SMARTS) is 1. The molecular formula is C19H15ClO5. The van der Waals surface area contributed by atoms with Crippen molar-refractivity contribution in [1.82, 2.24) is 0 Å². The average Bonchev–Trinajstić information content (AvgIpc) is 2.53. The van der Waals surface area contributed by atoms with Crippen LogP contribution < -0.4 is 10.2 Å². The fourth-order valence-corrected chi connectivity index (χ4v) is 2.98. The summed E-state index contributed by atoms with van der Waals surface area (Å²) in [6.45, 7) is 3.04. The predicted octanol–water partition coefficient (Wildman–Crippen LogP) is 4.19. The van der Waals surface area contributed by atoms with Crippen LogP contribution in [0.5, 0.6) is 5.75 Å². The van der Waals surface area contributed by atoms with Gasteiger partial charge in [-0.3, -0.25) is 4.79 Å². The van der Waals surface area contributed by atoms with Gasteiger partial charge in [-0.2, -0.15) is 0 Å². The molecule has 0 aliphatic heterocycles. The molecule has 0 spiro atoms. The number of aliphatic carboxylic acids is 1. The summed E-state index contributed by atoms with van der Waals surface area (Å²) in [6, 6.07) is 10.4. The Labute approximate surface area is 148 Å². The van der Waals surface area contributed by atoms with Gasteiger partial charge in [0.05, 0.1) is 10.4 Å². The monoisotopic (exact) mass is 358 g/mol. The Hall–Kier alpha value is -2.79. The molecule has 0 amide bonds. The summed E-state index contributed by atoms with van der Waals surface area (Å²) in [4.78, 5) is 23.8. The standard InChI is InChI=1S/C19H15ClO5/c1-10-7-11(2)16-14(8-10)25-18(12-5-3-4-6-13(12)20)19(17(16)23)24-9-15(21)22/h3-8H,9H2,1-2H3,(H,21,22). The van der Waals surface area contributed by atoms with Gasteiger partial charge in [0.2, 0.25) is 11.2 Å². The summed E-state index contributed by atoms with van der Waals surface area (Å²) < 4.78 is 11.2. The van der Waals surface area contributed by atoms with Crippen LogP contribution in [0.2, 0.25) is 5.02 Å². The van der Waals surface area contributed by atoms with Crippen LogP contribution in [0.15, 0.2) is 45.6 Å². The highest BCUT2D eigenvalue weighted by molar-refractivity contribution is 6.33. The molecule has 0 saturated carbocycles. The number of fused-ring (bicyclic) bond motifs is 1. The number of carbonyl (C=O) groups is 1. The topological polar surface area (TPSA) is 76.7 Å². The smallest absolute Gasteiger partial charge is 0.341 e. The third-order valence-electron chi connectivity index (χ3n) is 3.75. The summed E-state index contributed by atoms with van der Waals surface area (Å²) in [5, 5.41) is 9.64. The van der Waals surface area contributed by atoms with Crippen LogP contribution >= 0.6 is 11.6 Å². The normalized spacial score (nSPS) is 10.8. The van der Waals surface area contributed by atoms with Crippen molar-refractivity contribution in [2.24, 2.45) is 0 Å². The molecule has 25 heavy (non-hydrogen) atoms. The number of hydrogen-bond donors (Lipinski definition) is 1. The fourth-order valence-electron chi connectivity index (χ4n) is 2.76. The van der Waals surface area contributed by atoms with Crippen LogP contribution in [0.25, 0.3) is 22.3 Å². The average molecular weight is 359 g/mol. The first-order valence-electron chi connectivity index (χ1n) is 7.56. The van der Waals surface area contributed by atoms with Crippen molar-refractivity contribution >= 4 is 28.5 Å². The van der Waals surface area contributed by atoms with E-state index in [1.165, 1.54) is 0 Å². The predicted molar refractivity (Wildman–Crippen MR) is 95.5 cm³/mol. The SMILES string of the molecule is Cc1cc(C)c2c(=O)c(OCC(=O)O)c(-c3ccccc3Cl)oc2c1. The summed E-state index contributed by atoms with van der Waals surface area (Å²) in [7, 11) is 0. The van der Waals surface area contributed by atoms with Crippen molar-refractivity contribution in [3.05, 3.63) is 62.8 Å². The van der Waals surface area contributed by atoms with E-state index < -0.39 is 18.0 Å². The first kappa shape index (κ1) is 17.0. The first-order chi connectivity index (χ1) is 11.9. The highest BCUT2D eigenvalue weighted by Crippen LogP contribution is 2.36. The molecule has 128 valence electrons. The minimum Gasteiger partial charge on any atom is -0.479 e. The molecular weight excluding hydrogens is 344 g/mol. The Bertz CT molecular complexity index is 1040. The Kier molecular flexibility index (Phi) is 4.51.